The fraction of sp³-hybridized carbons (Fsp3) is 0.500. The first-order chi connectivity index (χ1) is 9.53. The van der Waals surface area contributed by atoms with Crippen molar-refractivity contribution >= 4 is 29.3 Å². The van der Waals surface area contributed by atoms with Crippen molar-refractivity contribution in [3.63, 3.8) is 0 Å². The Kier molecular flexibility index (Phi) is 4.60. The molecule has 0 aromatic carbocycles. The first-order valence-corrected chi connectivity index (χ1v) is 7.05. The minimum Gasteiger partial charge on any atom is -0.481 e. The van der Waals surface area contributed by atoms with Crippen molar-refractivity contribution in [2.24, 2.45) is 5.41 Å². The van der Waals surface area contributed by atoms with Crippen LogP contribution in [0.5, 0.6) is 0 Å². The molecule has 1 aliphatic carbocycles. The molecule has 1 aliphatic rings. The second-order valence-corrected chi connectivity index (χ2v) is 5.61. The molecule has 20 heavy (non-hydrogen) atoms. The first kappa shape index (κ1) is 14.8. The molecule has 1 aromatic heterocycles. The van der Waals surface area contributed by atoms with E-state index in [0.717, 1.165) is 19.3 Å². The third-order valence-corrected chi connectivity index (χ3v) is 4.08. The summed E-state index contributed by atoms with van der Waals surface area (Å²) >= 11 is 5.91. The zero-order valence-electron chi connectivity index (χ0n) is 11.1. The third kappa shape index (κ3) is 3.28. The second-order valence-electron chi connectivity index (χ2n) is 5.20. The van der Waals surface area contributed by atoms with Crippen molar-refractivity contribution in [1.82, 2.24) is 4.98 Å². The number of anilines is 1. The van der Waals surface area contributed by atoms with Crippen molar-refractivity contribution in [3.05, 3.63) is 23.4 Å². The predicted octanol–water partition coefficient (Wildman–Crippen LogP) is 3.10. The Hall–Kier alpha value is -1.62. The summed E-state index contributed by atoms with van der Waals surface area (Å²) in [6.07, 6.45) is 5.32. The quantitative estimate of drug-likeness (QED) is 0.895. The van der Waals surface area contributed by atoms with Crippen LogP contribution in [0.25, 0.3) is 0 Å². The fourth-order valence-electron chi connectivity index (χ4n) is 2.66. The van der Waals surface area contributed by atoms with E-state index in [-0.39, 0.29) is 18.1 Å². The van der Waals surface area contributed by atoms with Gasteiger partial charge in [-0.1, -0.05) is 30.9 Å². The van der Waals surface area contributed by atoms with Crippen molar-refractivity contribution < 1.29 is 14.7 Å². The van der Waals surface area contributed by atoms with Crippen LogP contribution in [0.4, 0.5) is 5.82 Å². The number of rotatable bonds is 4. The van der Waals surface area contributed by atoms with Crippen molar-refractivity contribution in [3.8, 4) is 0 Å². The van der Waals surface area contributed by atoms with Gasteiger partial charge in [0.2, 0.25) is 5.91 Å². The maximum Gasteiger partial charge on any atom is 0.310 e. The van der Waals surface area contributed by atoms with Gasteiger partial charge < -0.3 is 10.4 Å². The molecule has 0 atom stereocenters. The summed E-state index contributed by atoms with van der Waals surface area (Å²) in [4.78, 5) is 27.5. The third-order valence-electron chi connectivity index (χ3n) is 3.78. The number of carboxylic acids is 1. The van der Waals surface area contributed by atoms with Crippen LogP contribution < -0.4 is 5.32 Å². The average Bonchev–Trinajstić information content (AvgIpc) is 2.42. The van der Waals surface area contributed by atoms with E-state index in [2.05, 4.69) is 10.3 Å². The standard InChI is InChI=1S/C14H17ClN2O3/c15-10-5-4-8-16-12(10)17-11(18)9-14(13(19)20)6-2-1-3-7-14/h4-5,8H,1-3,6-7,9H2,(H,19,20)(H,16,17,18). The molecule has 0 saturated heterocycles. The van der Waals surface area contributed by atoms with Gasteiger partial charge in [-0.25, -0.2) is 4.98 Å². The number of hydrogen-bond acceptors (Lipinski definition) is 3. The second kappa shape index (κ2) is 6.22. The van der Waals surface area contributed by atoms with Gasteiger partial charge in [0.25, 0.3) is 0 Å². The molecule has 1 saturated carbocycles. The Labute approximate surface area is 122 Å². The SMILES string of the molecule is O=C(CC1(C(=O)O)CCCCC1)Nc1ncccc1Cl. The summed E-state index contributed by atoms with van der Waals surface area (Å²) in [5.74, 6) is -0.968. The highest BCUT2D eigenvalue weighted by atomic mass is 35.5. The van der Waals surface area contributed by atoms with E-state index in [1.54, 1.807) is 12.1 Å². The van der Waals surface area contributed by atoms with E-state index >= 15 is 0 Å². The van der Waals surface area contributed by atoms with Gasteiger partial charge in [-0.05, 0) is 25.0 Å². The van der Waals surface area contributed by atoms with E-state index in [0.29, 0.717) is 17.9 Å². The van der Waals surface area contributed by atoms with Gasteiger partial charge in [-0.15, -0.1) is 0 Å². The Bertz CT molecular complexity index is 513. The highest BCUT2D eigenvalue weighted by Gasteiger charge is 2.41. The molecule has 108 valence electrons. The molecule has 6 heteroatoms. The number of amides is 1. The summed E-state index contributed by atoms with van der Waals surface area (Å²) in [6, 6.07) is 3.29. The van der Waals surface area contributed by atoms with Gasteiger partial charge >= 0.3 is 5.97 Å². The molecule has 0 radical (unpaired) electrons. The number of carbonyl (C=O) groups is 2. The van der Waals surface area contributed by atoms with Crippen LogP contribution in [0.15, 0.2) is 18.3 Å². The minimum atomic E-state index is -0.941. The lowest BCUT2D eigenvalue weighted by molar-refractivity contribution is -0.153. The lowest BCUT2D eigenvalue weighted by Gasteiger charge is -2.32. The largest absolute Gasteiger partial charge is 0.481 e. The highest BCUT2D eigenvalue weighted by molar-refractivity contribution is 6.33. The van der Waals surface area contributed by atoms with Crippen LogP contribution in [0.3, 0.4) is 0 Å². The molecule has 1 fully saturated rings. The topological polar surface area (TPSA) is 79.3 Å². The smallest absolute Gasteiger partial charge is 0.310 e. The van der Waals surface area contributed by atoms with Crippen LogP contribution in [0.2, 0.25) is 5.02 Å². The Morgan fingerprint density at radius 1 is 1.35 bits per heavy atom. The molecule has 0 aliphatic heterocycles. The van der Waals surface area contributed by atoms with Crippen LogP contribution in [-0.2, 0) is 9.59 Å². The number of pyridine rings is 1. The normalized spacial score (nSPS) is 17.4. The summed E-state index contributed by atoms with van der Waals surface area (Å²) < 4.78 is 0. The van der Waals surface area contributed by atoms with Crippen molar-refractivity contribution in [2.45, 2.75) is 38.5 Å². The number of aromatic nitrogens is 1. The fourth-order valence-corrected chi connectivity index (χ4v) is 2.82. The number of carbonyl (C=O) groups excluding carboxylic acids is 1. The van der Waals surface area contributed by atoms with E-state index in [9.17, 15) is 14.7 Å². The number of halogens is 1. The molecular weight excluding hydrogens is 280 g/mol. The van der Waals surface area contributed by atoms with E-state index in [4.69, 9.17) is 11.6 Å². The molecule has 0 unspecified atom stereocenters. The molecule has 2 N–H and O–H groups in total. The molecule has 1 amide bonds. The number of carboxylic acid groups (broad SMARTS) is 1. The van der Waals surface area contributed by atoms with Gasteiger partial charge in [0, 0.05) is 12.6 Å². The van der Waals surface area contributed by atoms with Crippen LogP contribution in [0.1, 0.15) is 38.5 Å². The summed E-state index contributed by atoms with van der Waals surface area (Å²) in [5.41, 5.74) is -0.941. The predicted molar refractivity (Wildman–Crippen MR) is 75.6 cm³/mol. The maximum atomic E-state index is 12.1. The average molecular weight is 297 g/mol. The molecular formula is C14H17ClN2O3. The lowest BCUT2D eigenvalue weighted by Crippen LogP contribution is -2.37. The van der Waals surface area contributed by atoms with E-state index in [1.807, 2.05) is 0 Å². The molecule has 2 rings (SSSR count). The summed E-state index contributed by atoms with van der Waals surface area (Å²) in [5, 5.41) is 12.4. The molecule has 0 spiro atoms. The van der Waals surface area contributed by atoms with Gasteiger partial charge in [0.05, 0.1) is 10.4 Å². The number of hydrogen-bond donors (Lipinski definition) is 2. The Morgan fingerprint density at radius 3 is 2.65 bits per heavy atom. The van der Waals surface area contributed by atoms with E-state index < -0.39 is 11.4 Å². The summed E-state index contributed by atoms with van der Waals surface area (Å²) in [7, 11) is 0. The Balaban J connectivity index is 2.06. The summed E-state index contributed by atoms with van der Waals surface area (Å²) in [6.45, 7) is 0. The zero-order chi connectivity index (χ0) is 14.6. The number of nitrogens with zero attached hydrogens (tertiary/aromatic N) is 1. The minimum absolute atomic E-state index is 0.0325. The van der Waals surface area contributed by atoms with Gasteiger partial charge in [-0.3, -0.25) is 9.59 Å². The number of aliphatic carboxylic acids is 1. The maximum absolute atomic E-state index is 12.1. The lowest BCUT2D eigenvalue weighted by atomic mass is 9.71. The van der Waals surface area contributed by atoms with Crippen LogP contribution in [-0.4, -0.2) is 22.0 Å². The highest BCUT2D eigenvalue weighted by Crippen LogP contribution is 2.39. The van der Waals surface area contributed by atoms with Crippen LogP contribution in [0, 0.1) is 5.41 Å². The van der Waals surface area contributed by atoms with Crippen molar-refractivity contribution in [2.75, 3.05) is 5.32 Å². The van der Waals surface area contributed by atoms with Crippen molar-refractivity contribution in [1.29, 1.82) is 0 Å². The molecule has 0 bridgehead atoms. The van der Waals surface area contributed by atoms with Crippen LogP contribution >= 0.6 is 11.6 Å². The Morgan fingerprint density at radius 2 is 2.05 bits per heavy atom. The molecule has 5 nitrogen and oxygen atoms in total. The monoisotopic (exact) mass is 296 g/mol. The van der Waals surface area contributed by atoms with Gasteiger partial charge in [-0.2, -0.15) is 0 Å². The molecule has 1 heterocycles. The molecule has 1 aromatic rings. The van der Waals surface area contributed by atoms with Gasteiger partial charge in [0.15, 0.2) is 5.82 Å². The number of nitrogens with one attached hydrogen (secondary N) is 1. The van der Waals surface area contributed by atoms with E-state index in [1.165, 1.54) is 6.20 Å². The zero-order valence-corrected chi connectivity index (χ0v) is 11.8. The first-order valence-electron chi connectivity index (χ1n) is 6.67. The van der Waals surface area contributed by atoms with Gasteiger partial charge in [0.1, 0.15) is 0 Å².